The summed E-state index contributed by atoms with van der Waals surface area (Å²) in [7, 11) is 1.53. The van der Waals surface area contributed by atoms with E-state index in [2.05, 4.69) is 36.5 Å². The molecule has 0 saturated carbocycles. The minimum absolute atomic E-state index is 0.116. The van der Waals surface area contributed by atoms with Crippen LogP contribution in [0.1, 0.15) is 9.67 Å². The summed E-state index contributed by atoms with van der Waals surface area (Å²) in [4.78, 5) is 21.0. The topological polar surface area (TPSA) is 76.1 Å². The average Bonchev–Trinajstić information content (AvgIpc) is 3.06. The predicted molar refractivity (Wildman–Crippen MR) is 98.2 cm³/mol. The van der Waals surface area contributed by atoms with Crippen molar-refractivity contribution in [1.82, 2.24) is 9.97 Å². The van der Waals surface area contributed by atoms with E-state index in [1.165, 1.54) is 25.4 Å². The lowest BCUT2D eigenvalue weighted by Crippen LogP contribution is -2.11. The summed E-state index contributed by atoms with van der Waals surface area (Å²) < 4.78 is 19.5. The number of ether oxygens (including phenoxy) is 1. The third-order valence-electron chi connectivity index (χ3n) is 3.12. The first-order chi connectivity index (χ1) is 12.1. The summed E-state index contributed by atoms with van der Waals surface area (Å²) in [6.07, 6.45) is 1.41. The van der Waals surface area contributed by atoms with Gasteiger partial charge in [-0.25, -0.2) is 14.4 Å². The van der Waals surface area contributed by atoms with Gasteiger partial charge in [-0.05, 0) is 40.2 Å². The van der Waals surface area contributed by atoms with Gasteiger partial charge >= 0.3 is 0 Å². The van der Waals surface area contributed by atoms with Crippen LogP contribution in [-0.2, 0) is 0 Å². The van der Waals surface area contributed by atoms with Crippen molar-refractivity contribution in [2.75, 3.05) is 17.7 Å². The van der Waals surface area contributed by atoms with Crippen molar-refractivity contribution >= 4 is 49.8 Å². The van der Waals surface area contributed by atoms with Gasteiger partial charge in [0, 0.05) is 0 Å². The summed E-state index contributed by atoms with van der Waals surface area (Å²) >= 11 is 4.41. The number of thiazole rings is 1. The van der Waals surface area contributed by atoms with E-state index in [-0.39, 0.29) is 5.69 Å². The van der Waals surface area contributed by atoms with E-state index in [4.69, 9.17) is 4.74 Å². The van der Waals surface area contributed by atoms with Crippen LogP contribution in [0, 0.1) is 5.82 Å². The normalized spacial score (nSPS) is 10.4. The Hall–Kier alpha value is -2.52. The number of para-hydroxylation sites is 1. The van der Waals surface area contributed by atoms with E-state index >= 15 is 0 Å². The van der Waals surface area contributed by atoms with Crippen molar-refractivity contribution in [2.24, 2.45) is 0 Å². The number of methoxy groups -OCH3 is 1. The van der Waals surface area contributed by atoms with Crippen molar-refractivity contribution in [3.8, 4) is 5.75 Å². The first kappa shape index (κ1) is 17.3. The molecule has 2 N–H and O–H groups in total. The maximum atomic E-state index is 13.6. The van der Waals surface area contributed by atoms with Crippen LogP contribution in [0.4, 0.5) is 21.0 Å². The molecule has 2 aromatic heterocycles. The number of benzene rings is 1. The number of pyridine rings is 1. The molecule has 0 aliphatic heterocycles. The number of nitrogens with one attached hydrogen (secondary N) is 2. The molecule has 3 aromatic rings. The largest absolute Gasteiger partial charge is 0.493 e. The average molecular weight is 423 g/mol. The Kier molecular flexibility index (Phi) is 5.25. The van der Waals surface area contributed by atoms with Crippen molar-refractivity contribution < 1.29 is 13.9 Å². The van der Waals surface area contributed by atoms with Crippen LogP contribution in [0.5, 0.6) is 5.75 Å². The zero-order valence-corrected chi connectivity index (χ0v) is 15.3. The molecule has 0 aliphatic carbocycles. The van der Waals surface area contributed by atoms with E-state index < -0.39 is 11.7 Å². The molecule has 0 spiro atoms. The van der Waals surface area contributed by atoms with E-state index in [1.807, 2.05) is 0 Å². The van der Waals surface area contributed by atoms with Crippen LogP contribution in [0.3, 0.4) is 0 Å². The van der Waals surface area contributed by atoms with Gasteiger partial charge in [-0.1, -0.05) is 23.5 Å². The quantitative estimate of drug-likeness (QED) is 0.594. The highest BCUT2D eigenvalue weighted by Gasteiger charge is 2.14. The highest BCUT2D eigenvalue weighted by Crippen LogP contribution is 2.29. The molecule has 0 aliphatic rings. The highest BCUT2D eigenvalue weighted by atomic mass is 79.9. The number of aromatic nitrogens is 2. The number of carbonyl (C=O) groups is 1. The van der Waals surface area contributed by atoms with Crippen molar-refractivity contribution in [1.29, 1.82) is 0 Å². The fraction of sp³-hybridized carbons (Fsp3) is 0.0625. The second-order valence-electron chi connectivity index (χ2n) is 4.77. The molecule has 0 radical (unpaired) electrons. The molecule has 1 amide bonds. The summed E-state index contributed by atoms with van der Waals surface area (Å²) in [5, 5.41) is 5.98. The van der Waals surface area contributed by atoms with E-state index in [1.54, 1.807) is 24.3 Å². The maximum absolute atomic E-state index is 13.6. The zero-order valence-electron chi connectivity index (χ0n) is 12.9. The molecule has 9 heteroatoms. The predicted octanol–water partition coefficient (Wildman–Crippen LogP) is 4.44. The van der Waals surface area contributed by atoms with Crippen molar-refractivity contribution in [3.05, 3.63) is 57.9 Å². The minimum atomic E-state index is -0.498. The smallest absolute Gasteiger partial charge is 0.267 e. The van der Waals surface area contributed by atoms with E-state index in [9.17, 15) is 9.18 Å². The SMILES string of the molecule is COc1ccc(Br)nc1Nc1ncc(C(=O)Nc2ccccc2F)s1. The van der Waals surface area contributed by atoms with Crippen LogP contribution in [0.2, 0.25) is 0 Å². The van der Waals surface area contributed by atoms with Crippen LogP contribution in [0.15, 0.2) is 47.2 Å². The molecular weight excluding hydrogens is 411 g/mol. The summed E-state index contributed by atoms with van der Waals surface area (Å²) in [5.41, 5.74) is 0.116. The van der Waals surface area contributed by atoms with Crippen molar-refractivity contribution in [2.45, 2.75) is 0 Å². The number of anilines is 3. The lowest BCUT2D eigenvalue weighted by Gasteiger charge is -2.07. The number of nitrogens with zero attached hydrogens (tertiary/aromatic N) is 2. The molecule has 0 atom stereocenters. The lowest BCUT2D eigenvalue weighted by molar-refractivity contribution is 0.103. The Bertz CT molecular complexity index is 919. The third-order valence-corrected chi connectivity index (χ3v) is 4.47. The molecular formula is C16H12BrFN4O2S. The maximum Gasteiger partial charge on any atom is 0.267 e. The van der Waals surface area contributed by atoms with Gasteiger partial charge in [-0.3, -0.25) is 4.79 Å². The highest BCUT2D eigenvalue weighted by molar-refractivity contribution is 9.10. The van der Waals surface area contributed by atoms with Gasteiger partial charge in [0.15, 0.2) is 16.7 Å². The van der Waals surface area contributed by atoms with Crippen molar-refractivity contribution in [3.63, 3.8) is 0 Å². The molecule has 128 valence electrons. The van der Waals surface area contributed by atoms with Gasteiger partial charge in [0.25, 0.3) is 5.91 Å². The Balaban J connectivity index is 1.75. The van der Waals surface area contributed by atoms with Gasteiger partial charge in [0.2, 0.25) is 0 Å². The molecule has 25 heavy (non-hydrogen) atoms. The number of hydrogen-bond donors (Lipinski definition) is 2. The summed E-state index contributed by atoms with van der Waals surface area (Å²) in [5.74, 6) is 0.0645. The molecule has 6 nitrogen and oxygen atoms in total. The number of rotatable bonds is 5. The number of halogens is 2. The van der Waals surface area contributed by atoms with Gasteiger partial charge < -0.3 is 15.4 Å². The number of carbonyl (C=O) groups excluding carboxylic acids is 1. The second-order valence-corrected chi connectivity index (χ2v) is 6.62. The Morgan fingerprint density at radius 3 is 2.84 bits per heavy atom. The van der Waals surface area contributed by atoms with Crippen LogP contribution in [0.25, 0.3) is 0 Å². The molecule has 0 fully saturated rings. The molecule has 3 rings (SSSR count). The van der Waals surface area contributed by atoms with Gasteiger partial charge in [-0.2, -0.15) is 0 Å². The monoisotopic (exact) mass is 422 g/mol. The fourth-order valence-corrected chi connectivity index (χ4v) is 2.98. The number of hydrogen-bond acceptors (Lipinski definition) is 6. The van der Waals surface area contributed by atoms with E-state index in [0.29, 0.717) is 26.2 Å². The van der Waals surface area contributed by atoms with Gasteiger partial charge in [0.1, 0.15) is 15.3 Å². The Labute approximate surface area is 155 Å². The summed E-state index contributed by atoms with van der Waals surface area (Å²) in [6.45, 7) is 0. The molecule has 1 aromatic carbocycles. The minimum Gasteiger partial charge on any atom is -0.493 e. The standard InChI is InChI=1S/C16H12BrFN4O2S/c1-24-11-6-7-13(17)21-14(11)22-16-19-8-12(25-16)15(23)20-10-5-3-2-4-9(10)18/h2-8H,1H3,(H,20,23)(H,19,21,22). The third kappa shape index (κ3) is 4.12. The van der Waals surface area contributed by atoms with Gasteiger partial charge in [-0.15, -0.1) is 0 Å². The Morgan fingerprint density at radius 1 is 1.28 bits per heavy atom. The Morgan fingerprint density at radius 2 is 2.08 bits per heavy atom. The zero-order chi connectivity index (χ0) is 17.8. The first-order valence-electron chi connectivity index (χ1n) is 7.06. The molecule has 0 bridgehead atoms. The van der Waals surface area contributed by atoms with Gasteiger partial charge in [0.05, 0.1) is 19.0 Å². The molecule has 0 unspecified atom stereocenters. The second kappa shape index (κ2) is 7.58. The molecule has 2 heterocycles. The number of amides is 1. The van der Waals surface area contributed by atoms with E-state index in [0.717, 1.165) is 11.3 Å². The fourth-order valence-electron chi connectivity index (χ4n) is 1.96. The molecule has 0 saturated heterocycles. The van der Waals surface area contributed by atoms with Crippen LogP contribution < -0.4 is 15.4 Å². The summed E-state index contributed by atoms with van der Waals surface area (Å²) in [6, 6.07) is 9.46. The van der Waals surface area contributed by atoms with Crippen LogP contribution >= 0.6 is 27.3 Å². The van der Waals surface area contributed by atoms with Crippen LogP contribution in [-0.4, -0.2) is 23.0 Å². The lowest BCUT2D eigenvalue weighted by atomic mass is 10.3. The first-order valence-corrected chi connectivity index (χ1v) is 8.67.